The highest BCUT2D eigenvalue weighted by Crippen LogP contribution is 2.69. The summed E-state index contributed by atoms with van der Waals surface area (Å²) in [5, 5.41) is 13.2. The maximum Gasteiger partial charge on any atom is 0.302 e. The standard InChI is InChI=1S/C48H67NO6/c1-8-30-21-32-11-10-31(30)22-37(32)46(52)39-25-34(49-43-16-13-35(53-7)26-38(39)43)12-9-27(2)40-14-15-41-45-42(18-20-48(40,41)6)47(5)19-17-36(54-28(3)50)23-33(47)24-44(45)55-29(4)51/h8,13,16,25-27,30-33,36-37,40-42,44-46,52H,1,9-12,14-15,17-24H2,2-7H3/t27-,30?,31+,32+,33+,36-,37?,40-,41+,42+,44-,45+,46-,47+,48-/m1/s1. The molecule has 2 bridgehead atoms. The van der Waals surface area contributed by atoms with Crippen LogP contribution in [0.15, 0.2) is 36.9 Å². The Balaban J connectivity index is 1.01. The Bertz CT molecular complexity index is 1770. The number of ether oxygens (including phenoxy) is 3. The van der Waals surface area contributed by atoms with Gasteiger partial charge in [-0.25, -0.2) is 0 Å². The molecule has 0 aliphatic heterocycles. The molecule has 0 radical (unpaired) electrons. The van der Waals surface area contributed by atoms with E-state index in [9.17, 15) is 14.7 Å². The number of rotatable bonds is 10. The summed E-state index contributed by atoms with van der Waals surface area (Å²) >= 11 is 0. The molecule has 7 nitrogen and oxygen atoms in total. The zero-order chi connectivity index (χ0) is 38.8. The Hall–Kier alpha value is -2.93. The third kappa shape index (κ3) is 6.94. The van der Waals surface area contributed by atoms with Gasteiger partial charge in [0.05, 0.1) is 18.7 Å². The van der Waals surface area contributed by atoms with E-state index in [1.807, 2.05) is 6.07 Å². The summed E-state index contributed by atoms with van der Waals surface area (Å²) < 4.78 is 17.7. The van der Waals surface area contributed by atoms with Crippen LogP contribution < -0.4 is 4.74 Å². The van der Waals surface area contributed by atoms with E-state index < -0.39 is 6.10 Å². The monoisotopic (exact) mass is 753 g/mol. The van der Waals surface area contributed by atoms with E-state index in [2.05, 4.69) is 51.6 Å². The number of esters is 2. The number of carbonyl (C=O) groups excluding carboxylic acids is 2. The summed E-state index contributed by atoms with van der Waals surface area (Å²) in [4.78, 5) is 29.7. The number of allylic oxidation sites excluding steroid dienone is 1. The second kappa shape index (κ2) is 15.1. The van der Waals surface area contributed by atoms with Gasteiger partial charge in [0, 0.05) is 30.8 Å². The third-order valence-electron chi connectivity index (χ3n) is 17.3. The summed E-state index contributed by atoms with van der Waals surface area (Å²) in [7, 11) is 1.70. The number of aliphatic hydroxyl groups excluding tert-OH is 1. The number of aryl methyl sites for hydroxylation is 1. The van der Waals surface area contributed by atoms with Crippen LogP contribution in [0.2, 0.25) is 0 Å². The molecule has 55 heavy (non-hydrogen) atoms. The van der Waals surface area contributed by atoms with Gasteiger partial charge in [0.15, 0.2) is 0 Å². The predicted octanol–water partition coefficient (Wildman–Crippen LogP) is 10.2. The average Bonchev–Trinajstić information content (AvgIpc) is 3.53. The Morgan fingerprint density at radius 2 is 1.67 bits per heavy atom. The number of pyridine rings is 1. The van der Waals surface area contributed by atoms with Crippen LogP contribution in [0.1, 0.15) is 135 Å². The Labute approximate surface area is 329 Å². The molecule has 2 unspecified atom stereocenters. The molecule has 15 atom stereocenters. The Morgan fingerprint density at radius 1 is 0.927 bits per heavy atom. The number of hydrogen-bond acceptors (Lipinski definition) is 7. The molecule has 2 aromatic rings. The fourth-order valence-electron chi connectivity index (χ4n) is 14.6. The van der Waals surface area contributed by atoms with Crippen LogP contribution >= 0.6 is 0 Å². The van der Waals surface area contributed by atoms with Gasteiger partial charge in [-0.15, -0.1) is 6.58 Å². The second-order valence-electron chi connectivity index (χ2n) is 19.8. The molecule has 7 aliphatic carbocycles. The van der Waals surface area contributed by atoms with Crippen LogP contribution in [-0.2, 0) is 25.5 Å². The van der Waals surface area contributed by atoms with Crippen molar-refractivity contribution in [3.63, 3.8) is 0 Å². The van der Waals surface area contributed by atoms with Crippen molar-refractivity contribution in [1.29, 1.82) is 0 Å². The first-order valence-electron chi connectivity index (χ1n) is 22.0. The van der Waals surface area contributed by atoms with E-state index in [4.69, 9.17) is 19.2 Å². The molecule has 300 valence electrons. The average molecular weight is 754 g/mol. The number of fused-ring (bicyclic) bond motifs is 9. The normalized spacial score (nSPS) is 40.3. The van der Waals surface area contributed by atoms with Crippen LogP contribution in [-0.4, -0.2) is 41.3 Å². The van der Waals surface area contributed by atoms with Crippen LogP contribution in [0, 0.1) is 70.0 Å². The highest BCUT2D eigenvalue weighted by atomic mass is 16.5. The van der Waals surface area contributed by atoms with E-state index in [0.717, 1.165) is 79.3 Å². The molecule has 1 heterocycles. The van der Waals surface area contributed by atoms with Crippen molar-refractivity contribution in [2.45, 2.75) is 143 Å². The maximum atomic E-state index is 12.6. The van der Waals surface area contributed by atoms with E-state index in [1.54, 1.807) is 14.0 Å². The molecular weight excluding hydrogens is 687 g/mol. The maximum absolute atomic E-state index is 12.6. The van der Waals surface area contributed by atoms with Crippen molar-refractivity contribution >= 4 is 22.8 Å². The minimum absolute atomic E-state index is 0.0256. The fraction of sp³-hybridized carbons (Fsp3) is 0.729. The first kappa shape index (κ1) is 38.9. The van der Waals surface area contributed by atoms with E-state index in [0.29, 0.717) is 53.3 Å². The Morgan fingerprint density at radius 3 is 2.38 bits per heavy atom. The lowest BCUT2D eigenvalue weighted by Crippen LogP contribution is -2.59. The van der Waals surface area contributed by atoms with Crippen LogP contribution in [0.5, 0.6) is 5.75 Å². The SMILES string of the molecule is C=CC1C[C@@H]2CC[C@H]1CC2[C@@H](O)c1cc(CC[C@@H](C)[C@H]2CC[C@H]3[C@@H]4[C@H](OC(C)=O)C[C@@H]5C[C@H](OC(C)=O)CC[C@]5(C)[C@H]4CC[C@]23C)nc2ccc(OC)cc12. The highest BCUT2D eigenvalue weighted by Gasteiger charge is 2.64. The van der Waals surface area contributed by atoms with Crippen molar-refractivity contribution in [2.75, 3.05) is 7.11 Å². The summed E-state index contributed by atoms with van der Waals surface area (Å²) in [6.07, 6.45) is 16.8. The number of aliphatic hydroxyl groups is 1. The predicted molar refractivity (Wildman–Crippen MR) is 215 cm³/mol. The molecule has 7 saturated carbocycles. The molecule has 0 spiro atoms. The van der Waals surface area contributed by atoms with Gasteiger partial charge in [0.25, 0.3) is 0 Å². The lowest BCUT2D eigenvalue weighted by atomic mass is 9.43. The van der Waals surface area contributed by atoms with Crippen molar-refractivity contribution in [3.8, 4) is 5.75 Å². The van der Waals surface area contributed by atoms with Gasteiger partial charge >= 0.3 is 11.9 Å². The second-order valence-corrected chi connectivity index (χ2v) is 19.8. The largest absolute Gasteiger partial charge is 0.497 e. The van der Waals surface area contributed by atoms with Gasteiger partial charge in [-0.1, -0.05) is 26.8 Å². The van der Waals surface area contributed by atoms with Gasteiger partial charge in [-0.3, -0.25) is 14.6 Å². The van der Waals surface area contributed by atoms with E-state index in [1.165, 1.54) is 45.4 Å². The molecule has 7 heteroatoms. The van der Waals surface area contributed by atoms with Gasteiger partial charge in [0.1, 0.15) is 18.0 Å². The van der Waals surface area contributed by atoms with Gasteiger partial charge in [0.2, 0.25) is 0 Å². The summed E-state index contributed by atoms with van der Waals surface area (Å²) in [5.41, 5.74) is 3.43. The highest BCUT2D eigenvalue weighted by molar-refractivity contribution is 5.84. The van der Waals surface area contributed by atoms with Crippen LogP contribution in [0.25, 0.3) is 10.9 Å². The van der Waals surface area contributed by atoms with Gasteiger partial charge < -0.3 is 19.3 Å². The minimum atomic E-state index is -0.518. The first-order chi connectivity index (χ1) is 26.3. The first-order valence-corrected chi connectivity index (χ1v) is 22.0. The number of hydrogen-bond donors (Lipinski definition) is 1. The van der Waals surface area contributed by atoms with Gasteiger partial charge in [-0.2, -0.15) is 0 Å². The molecular formula is C48H67NO6. The molecule has 7 aliphatic rings. The van der Waals surface area contributed by atoms with Crippen molar-refractivity contribution in [1.82, 2.24) is 4.98 Å². The molecule has 1 aromatic carbocycles. The minimum Gasteiger partial charge on any atom is -0.497 e. The quantitative estimate of drug-likeness (QED) is 0.191. The topological polar surface area (TPSA) is 95.0 Å². The number of benzene rings is 1. The lowest BCUT2D eigenvalue weighted by molar-refractivity contribution is -0.197. The zero-order valence-corrected chi connectivity index (χ0v) is 34.4. The van der Waals surface area contributed by atoms with Crippen molar-refractivity contribution < 1.29 is 28.9 Å². The number of carbonyl (C=O) groups is 2. The van der Waals surface area contributed by atoms with Crippen LogP contribution in [0.3, 0.4) is 0 Å². The number of nitrogens with zero attached hydrogens (tertiary/aromatic N) is 1. The molecule has 0 saturated heterocycles. The summed E-state index contributed by atoms with van der Waals surface area (Å²) in [6, 6.07) is 8.36. The van der Waals surface area contributed by atoms with E-state index in [-0.39, 0.29) is 40.9 Å². The Kier molecular flexibility index (Phi) is 10.7. The molecule has 1 N–H and O–H groups in total. The zero-order valence-electron chi connectivity index (χ0n) is 34.4. The fourth-order valence-corrected chi connectivity index (χ4v) is 14.6. The van der Waals surface area contributed by atoms with Crippen molar-refractivity contribution in [2.24, 2.45) is 70.0 Å². The van der Waals surface area contributed by atoms with E-state index >= 15 is 0 Å². The molecule has 0 amide bonds. The van der Waals surface area contributed by atoms with Crippen LogP contribution in [0.4, 0.5) is 0 Å². The number of methoxy groups -OCH3 is 1. The third-order valence-corrected chi connectivity index (χ3v) is 17.3. The molecule has 1 aromatic heterocycles. The smallest absolute Gasteiger partial charge is 0.302 e. The van der Waals surface area contributed by atoms with Gasteiger partial charge in [-0.05, 0) is 184 Å². The number of aromatic nitrogens is 1. The summed E-state index contributed by atoms with van der Waals surface area (Å²) in [6.45, 7) is 14.8. The lowest BCUT2D eigenvalue weighted by Gasteiger charge is -2.62. The molecule has 7 fully saturated rings. The van der Waals surface area contributed by atoms with Crippen molar-refractivity contribution in [3.05, 3.63) is 48.2 Å². The molecule has 9 rings (SSSR count). The summed E-state index contributed by atoms with van der Waals surface area (Å²) in [5.74, 6) is 5.40.